The van der Waals surface area contributed by atoms with E-state index in [-0.39, 0.29) is 22.9 Å². The summed E-state index contributed by atoms with van der Waals surface area (Å²) in [7, 11) is 0. The van der Waals surface area contributed by atoms with E-state index < -0.39 is 37.2 Å². The minimum atomic E-state index is -1.61. The third-order valence-electron chi connectivity index (χ3n) is 8.10. The molecule has 2 heterocycles. The lowest BCUT2D eigenvalue weighted by Crippen LogP contribution is -2.33. The Hall–Kier alpha value is -4.11. The number of carbonyl (C=O) groups is 2. The molecule has 4 rings (SSSR count). The van der Waals surface area contributed by atoms with Crippen LogP contribution in [0.1, 0.15) is 40.1 Å². The second kappa shape index (κ2) is 16.6. The molecule has 0 saturated carbocycles. The molecule has 0 spiro atoms. The molecule has 0 fully saturated rings. The number of phenols is 2. The fourth-order valence-corrected chi connectivity index (χ4v) is 5.63. The number of hydrogen-bond acceptors (Lipinski definition) is 11. The van der Waals surface area contributed by atoms with Crippen LogP contribution in [-0.2, 0) is 35.5 Å². The van der Waals surface area contributed by atoms with E-state index in [4.69, 9.17) is 15.2 Å². The molecule has 47 heavy (non-hydrogen) atoms. The van der Waals surface area contributed by atoms with Crippen LogP contribution < -0.4 is 10.6 Å². The van der Waals surface area contributed by atoms with E-state index in [1.807, 2.05) is 44.2 Å². The molecule has 254 valence electrons. The van der Waals surface area contributed by atoms with Crippen molar-refractivity contribution in [2.75, 3.05) is 50.0 Å². The number of fused-ring (bicyclic) bond motifs is 2. The van der Waals surface area contributed by atoms with Crippen LogP contribution in [0.4, 0.5) is 11.4 Å². The zero-order valence-electron chi connectivity index (χ0n) is 26.8. The van der Waals surface area contributed by atoms with Crippen LogP contribution in [0.2, 0.25) is 0 Å². The lowest BCUT2D eigenvalue weighted by Gasteiger charge is -2.28. The van der Waals surface area contributed by atoms with Gasteiger partial charge < -0.3 is 41.3 Å². The van der Waals surface area contributed by atoms with Gasteiger partial charge in [0, 0.05) is 61.5 Å². The molecule has 1 aromatic heterocycles. The maximum Gasteiger partial charge on any atom is 0.255 e. The van der Waals surface area contributed by atoms with Gasteiger partial charge in [0.15, 0.2) is 12.2 Å². The van der Waals surface area contributed by atoms with Crippen LogP contribution in [0.3, 0.4) is 0 Å². The third-order valence-corrected chi connectivity index (χ3v) is 8.10. The smallest absolute Gasteiger partial charge is 0.255 e. The number of aliphatic hydroxyl groups is 4. The van der Waals surface area contributed by atoms with Crippen LogP contribution in [0, 0.1) is 13.8 Å². The van der Waals surface area contributed by atoms with Crippen molar-refractivity contribution in [2.24, 2.45) is 0 Å². The van der Waals surface area contributed by atoms with Crippen LogP contribution in [0.25, 0.3) is 0 Å². The Morgan fingerprint density at radius 3 is 1.57 bits per heavy atom. The monoisotopic (exact) mass is 651 g/mol. The lowest BCUT2D eigenvalue weighted by atomic mass is 10.1. The van der Waals surface area contributed by atoms with Gasteiger partial charge in [0.1, 0.15) is 11.5 Å². The van der Waals surface area contributed by atoms with Crippen molar-refractivity contribution in [3.63, 3.8) is 0 Å². The topological polar surface area (TPSA) is 199 Å². The highest BCUT2D eigenvalue weighted by molar-refractivity contribution is 5.96. The van der Waals surface area contributed by atoms with Gasteiger partial charge in [0.25, 0.3) is 11.8 Å². The number of nitrogens with zero attached hydrogens (tertiary/aromatic N) is 3. The Morgan fingerprint density at radius 2 is 1.17 bits per heavy atom. The van der Waals surface area contributed by atoms with Gasteiger partial charge in [-0.15, -0.1) is 0 Å². The largest absolute Gasteiger partial charge is 0.505 e. The summed E-state index contributed by atoms with van der Waals surface area (Å²) in [6.07, 6.45) is -1.05. The summed E-state index contributed by atoms with van der Waals surface area (Å²) in [4.78, 5) is 33.7. The summed E-state index contributed by atoms with van der Waals surface area (Å²) in [5.74, 6) is -1.83. The zero-order valence-corrected chi connectivity index (χ0v) is 26.8. The molecule has 13 heteroatoms. The molecule has 2 atom stereocenters. The molecule has 1 aliphatic heterocycles. The summed E-state index contributed by atoms with van der Waals surface area (Å²) in [6.45, 7) is 5.67. The first kappa shape index (κ1) is 35.7. The number of hydrogen-bond donors (Lipinski definition) is 8. The maximum atomic E-state index is 12.2. The quantitative estimate of drug-likeness (QED) is 0.147. The fraction of sp³-hybridized carbons (Fsp3) is 0.441. The van der Waals surface area contributed by atoms with E-state index in [1.165, 1.54) is 0 Å². The highest BCUT2D eigenvalue weighted by Crippen LogP contribution is 2.32. The SMILES string of the molecule is Cc1cc(CN2CCCN(Cc3cc(C)cc(NC(=O)C(O)CO)c3O)CCc3cccc(n3)CC2)c(O)c(NC(=O)C(O)CO)c1. The van der Waals surface area contributed by atoms with Crippen LogP contribution in [-0.4, -0.2) is 109 Å². The first-order valence-corrected chi connectivity index (χ1v) is 15.7. The number of phenolic OH excluding ortho intramolecular Hbond substituents is 2. The molecule has 2 bridgehead atoms. The van der Waals surface area contributed by atoms with Gasteiger partial charge in [-0.2, -0.15) is 0 Å². The molecule has 8 N–H and O–H groups in total. The minimum Gasteiger partial charge on any atom is -0.505 e. The highest BCUT2D eigenvalue weighted by Gasteiger charge is 2.21. The number of pyridine rings is 1. The Labute approximate surface area is 274 Å². The van der Waals surface area contributed by atoms with Gasteiger partial charge in [0.2, 0.25) is 0 Å². The van der Waals surface area contributed by atoms with Gasteiger partial charge in [-0.3, -0.25) is 24.4 Å². The van der Waals surface area contributed by atoms with E-state index in [0.717, 1.165) is 28.9 Å². The van der Waals surface area contributed by atoms with Crippen molar-refractivity contribution >= 4 is 23.2 Å². The number of aliphatic hydroxyl groups excluding tert-OH is 4. The van der Waals surface area contributed by atoms with Crippen molar-refractivity contribution in [1.82, 2.24) is 14.8 Å². The number of nitrogens with one attached hydrogen (secondary N) is 2. The Bertz CT molecular complexity index is 1440. The lowest BCUT2D eigenvalue weighted by molar-refractivity contribution is -0.126. The number of aryl methyl sites for hydroxylation is 2. The first-order valence-electron chi connectivity index (χ1n) is 15.7. The predicted octanol–water partition coefficient (Wildman–Crippen LogP) is 1.19. The standard InChI is InChI=1S/C34H45N5O8/c1-21-13-23(31(44)27(15-21)36-33(46)29(42)19-40)17-38-9-4-10-39(12-8-26-6-3-5-25(35-26)7-11-38)18-24-14-22(2)16-28(32(24)45)37-34(47)30(43)20-41/h3,5-6,13-16,29-30,40-45H,4,7-12,17-20H2,1-2H3,(H,36,46)(H,37,47). The molecule has 2 aromatic carbocycles. The minimum absolute atomic E-state index is 0.105. The summed E-state index contributed by atoms with van der Waals surface area (Å²) < 4.78 is 0. The summed E-state index contributed by atoms with van der Waals surface area (Å²) in [6, 6.07) is 12.9. The summed E-state index contributed by atoms with van der Waals surface area (Å²) in [5, 5.41) is 64.8. The summed E-state index contributed by atoms with van der Waals surface area (Å²) >= 11 is 0. The average Bonchev–Trinajstić information content (AvgIpc) is 3.05. The van der Waals surface area contributed by atoms with Crippen LogP contribution in [0.5, 0.6) is 11.5 Å². The van der Waals surface area contributed by atoms with E-state index >= 15 is 0 Å². The zero-order chi connectivity index (χ0) is 34.1. The molecule has 0 radical (unpaired) electrons. The molecular formula is C34H45N5O8. The van der Waals surface area contributed by atoms with Gasteiger partial charge in [-0.05, 0) is 68.8 Å². The Balaban J connectivity index is 1.55. The van der Waals surface area contributed by atoms with E-state index in [1.54, 1.807) is 12.1 Å². The normalized spacial score (nSPS) is 16.0. The molecular weight excluding hydrogens is 606 g/mol. The number of aromatic hydroxyl groups is 2. The number of aromatic nitrogens is 1. The summed E-state index contributed by atoms with van der Waals surface area (Å²) in [5.41, 5.74) is 5.03. The maximum absolute atomic E-state index is 12.2. The molecule has 2 unspecified atom stereocenters. The number of benzene rings is 2. The van der Waals surface area contributed by atoms with E-state index in [0.29, 0.717) is 63.2 Å². The molecule has 0 saturated heterocycles. The van der Waals surface area contributed by atoms with Gasteiger partial charge in [-0.25, -0.2) is 0 Å². The van der Waals surface area contributed by atoms with Crippen molar-refractivity contribution in [3.8, 4) is 11.5 Å². The number of anilines is 2. The van der Waals surface area contributed by atoms with Crippen LogP contribution >= 0.6 is 0 Å². The van der Waals surface area contributed by atoms with Crippen molar-refractivity contribution in [2.45, 2.75) is 58.4 Å². The highest BCUT2D eigenvalue weighted by atomic mass is 16.3. The van der Waals surface area contributed by atoms with Crippen molar-refractivity contribution in [3.05, 3.63) is 76.1 Å². The third kappa shape index (κ3) is 9.94. The van der Waals surface area contributed by atoms with Crippen molar-refractivity contribution in [1.29, 1.82) is 0 Å². The molecule has 1 aliphatic rings. The number of amides is 2. The molecule has 13 nitrogen and oxygen atoms in total. The molecule has 3 aromatic rings. The molecule has 0 aliphatic carbocycles. The Morgan fingerprint density at radius 1 is 0.745 bits per heavy atom. The second-order valence-corrected chi connectivity index (χ2v) is 12.0. The van der Waals surface area contributed by atoms with Crippen LogP contribution in [0.15, 0.2) is 42.5 Å². The Kier molecular flexibility index (Phi) is 12.6. The van der Waals surface area contributed by atoms with E-state index in [9.17, 15) is 30.0 Å². The number of carbonyl (C=O) groups excluding carboxylic acids is 2. The van der Waals surface area contributed by atoms with E-state index in [2.05, 4.69) is 20.4 Å². The molecule has 2 amide bonds. The van der Waals surface area contributed by atoms with Gasteiger partial charge in [-0.1, -0.05) is 18.2 Å². The van der Waals surface area contributed by atoms with Gasteiger partial charge >= 0.3 is 0 Å². The number of rotatable bonds is 10. The van der Waals surface area contributed by atoms with Crippen molar-refractivity contribution < 1.29 is 40.2 Å². The second-order valence-electron chi connectivity index (χ2n) is 12.0. The van der Waals surface area contributed by atoms with Gasteiger partial charge in [0.05, 0.1) is 24.6 Å². The predicted molar refractivity (Wildman–Crippen MR) is 176 cm³/mol. The average molecular weight is 652 g/mol. The first-order chi connectivity index (χ1) is 22.5. The fourth-order valence-electron chi connectivity index (χ4n) is 5.63.